The molecule has 0 amide bonds. The van der Waals surface area contributed by atoms with E-state index in [1.165, 1.54) is 38.8 Å². The summed E-state index contributed by atoms with van der Waals surface area (Å²) in [5, 5.41) is 2.58. The molecule has 4 rings (SSSR count). The van der Waals surface area contributed by atoms with Crippen LogP contribution in [0.5, 0.6) is 0 Å². The lowest BCUT2D eigenvalue weighted by Gasteiger charge is -2.24. The van der Waals surface area contributed by atoms with E-state index in [-0.39, 0.29) is 10.8 Å². The SMILES string of the molecule is CC(C)c1c(C(C)(C)C)[nH]c2ccccc12.CC(C)c1nc2[nH]ccc2cc1C(C)(C)C. The molecule has 0 aliphatic rings. The normalized spacial score (nSPS) is 12.6. The lowest BCUT2D eigenvalue weighted by Crippen LogP contribution is -2.16. The number of benzene rings is 1. The first-order valence-corrected chi connectivity index (χ1v) is 11.9. The summed E-state index contributed by atoms with van der Waals surface area (Å²) >= 11 is 0. The average Bonchev–Trinajstić information content (AvgIpc) is 3.30. The number of fused-ring (bicyclic) bond motifs is 2. The van der Waals surface area contributed by atoms with Crippen LogP contribution in [0.2, 0.25) is 0 Å². The number of aromatic nitrogens is 3. The minimum absolute atomic E-state index is 0.151. The molecule has 0 spiro atoms. The minimum Gasteiger partial charge on any atom is -0.358 e. The first-order chi connectivity index (χ1) is 14.8. The Labute approximate surface area is 194 Å². The van der Waals surface area contributed by atoms with Gasteiger partial charge in [0.05, 0.1) is 0 Å². The summed E-state index contributed by atoms with van der Waals surface area (Å²) < 4.78 is 0. The molecule has 3 heterocycles. The zero-order valence-electron chi connectivity index (χ0n) is 21.6. The Morgan fingerprint density at radius 1 is 0.812 bits per heavy atom. The van der Waals surface area contributed by atoms with Gasteiger partial charge in [0.2, 0.25) is 0 Å². The second kappa shape index (κ2) is 8.77. The van der Waals surface area contributed by atoms with E-state index in [9.17, 15) is 0 Å². The van der Waals surface area contributed by atoms with Gasteiger partial charge in [-0.3, -0.25) is 0 Å². The van der Waals surface area contributed by atoms with E-state index in [1.807, 2.05) is 6.20 Å². The summed E-state index contributed by atoms with van der Waals surface area (Å²) in [6.45, 7) is 22.5. The number of aromatic amines is 2. The molecule has 0 radical (unpaired) electrons. The highest BCUT2D eigenvalue weighted by Crippen LogP contribution is 2.35. The molecule has 0 aliphatic heterocycles. The van der Waals surface area contributed by atoms with E-state index in [0.29, 0.717) is 11.8 Å². The van der Waals surface area contributed by atoms with E-state index >= 15 is 0 Å². The van der Waals surface area contributed by atoms with Gasteiger partial charge in [0, 0.05) is 39.3 Å². The molecule has 0 saturated carbocycles. The molecule has 3 aromatic heterocycles. The molecule has 0 aliphatic carbocycles. The number of hydrogen-bond donors (Lipinski definition) is 2. The Balaban J connectivity index is 0.000000181. The number of nitrogens with one attached hydrogen (secondary N) is 2. The van der Waals surface area contributed by atoms with Crippen molar-refractivity contribution in [3.05, 3.63) is 65.1 Å². The fourth-order valence-electron chi connectivity index (χ4n) is 4.39. The summed E-state index contributed by atoms with van der Waals surface area (Å²) in [6, 6.07) is 13.0. The topological polar surface area (TPSA) is 44.5 Å². The van der Waals surface area contributed by atoms with Crippen molar-refractivity contribution in [2.24, 2.45) is 0 Å². The Morgan fingerprint density at radius 2 is 1.47 bits per heavy atom. The molecule has 32 heavy (non-hydrogen) atoms. The van der Waals surface area contributed by atoms with Gasteiger partial charge in [0.1, 0.15) is 5.65 Å². The van der Waals surface area contributed by atoms with Crippen molar-refractivity contribution in [2.75, 3.05) is 0 Å². The lowest BCUT2D eigenvalue weighted by atomic mass is 9.83. The third-order valence-electron chi connectivity index (χ3n) is 5.99. The zero-order chi connectivity index (χ0) is 23.8. The van der Waals surface area contributed by atoms with Crippen LogP contribution >= 0.6 is 0 Å². The molecule has 2 N–H and O–H groups in total. The van der Waals surface area contributed by atoms with E-state index in [0.717, 1.165) is 5.65 Å². The van der Waals surface area contributed by atoms with Crippen LogP contribution in [0.4, 0.5) is 0 Å². The Bertz CT molecular complexity index is 1180. The maximum atomic E-state index is 4.75. The van der Waals surface area contributed by atoms with Gasteiger partial charge in [0.15, 0.2) is 0 Å². The fraction of sp³-hybridized carbons (Fsp3) is 0.483. The highest BCUT2D eigenvalue weighted by Gasteiger charge is 2.24. The van der Waals surface area contributed by atoms with Crippen molar-refractivity contribution >= 4 is 21.9 Å². The first kappa shape index (κ1) is 24.1. The van der Waals surface area contributed by atoms with Crippen molar-refractivity contribution < 1.29 is 0 Å². The van der Waals surface area contributed by atoms with Crippen molar-refractivity contribution in [3.63, 3.8) is 0 Å². The number of rotatable bonds is 2. The standard InChI is InChI=1S/C15H21N.C14H20N2/c1-10(2)13-11-8-6-7-9-12(11)16-14(13)15(3,4)5;1-9(2)12-11(14(3,4)5)8-10-6-7-15-13(10)16-12/h6-10,16H,1-5H3;6-9H,1-5H3,(H,15,16). The summed E-state index contributed by atoms with van der Waals surface area (Å²) in [6.07, 6.45) is 1.95. The molecule has 172 valence electrons. The molecule has 3 nitrogen and oxygen atoms in total. The van der Waals surface area contributed by atoms with Gasteiger partial charge >= 0.3 is 0 Å². The van der Waals surface area contributed by atoms with Crippen LogP contribution < -0.4 is 0 Å². The Morgan fingerprint density at radius 3 is 2.03 bits per heavy atom. The molecule has 0 fully saturated rings. The van der Waals surface area contributed by atoms with Crippen LogP contribution in [0.25, 0.3) is 21.9 Å². The largest absolute Gasteiger partial charge is 0.358 e. The minimum atomic E-state index is 0.151. The molecule has 0 bridgehead atoms. The van der Waals surface area contributed by atoms with Gasteiger partial charge in [0.25, 0.3) is 0 Å². The van der Waals surface area contributed by atoms with E-state index in [2.05, 4.69) is 116 Å². The second-order valence-electron chi connectivity index (χ2n) is 11.6. The molecule has 0 atom stereocenters. The summed E-state index contributed by atoms with van der Waals surface area (Å²) in [4.78, 5) is 11.5. The van der Waals surface area contributed by atoms with Crippen LogP contribution in [0.3, 0.4) is 0 Å². The fourth-order valence-corrected chi connectivity index (χ4v) is 4.39. The molecule has 1 aromatic carbocycles. The highest BCUT2D eigenvalue weighted by atomic mass is 14.9. The summed E-state index contributed by atoms with van der Waals surface area (Å²) in [5.74, 6) is 1.02. The maximum Gasteiger partial charge on any atom is 0.137 e. The average molecular weight is 432 g/mol. The van der Waals surface area contributed by atoms with Crippen LogP contribution in [-0.2, 0) is 10.8 Å². The predicted octanol–water partition coefficient (Wildman–Crippen LogP) is 8.57. The number of para-hydroxylation sites is 1. The van der Waals surface area contributed by atoms with Crippen LogP contribution in [0.1, 0.15) is 104 Å². The molecular formula is C29H41N3. The summed E-state index contributed by atoms with van der Waals surface area (Å²) in [7, 11) is 0. The summed E-state index contributed by atoms with van der Waals surface area (Å²) in [5.41, 5.74) is 8.01. The van der Waals surface area contributed by atoms with Gasteiger partial charge in [-0.25, -0.2) is 4.98 Å². The van der Waals surface area contributed by atoms with E-state index < -0.39 is 0 Å². The van der Waals surface area contributed by atoms with Crippen molar-refractivity contribution in [3.8, 4) is 0 Å². The molecular weight excluding hydrogens is 390 g/mol. The van der Waals surface area contributed by atoms with Crippen molar-refractivity contribution in [1.29, 1.82) is 0 Å². The molecule has 3 heteroatoms. The molecule has 0 saturated heterocycles. The van der Waals surface area contributed by atoms with E-state index in [1.54, 1.807) is 0 Å². The zero-order valence-corrected chi connectivity index (χ0v) is 21.6. The highest BCUT2D eigenvalue weighted by molar-refractivity contribution is 5.85. The van der Waals surface area contributed by atoms with Crippen molar-refractivity contribution in [1.82, 2.24) is 15.0 Å². The third-order valence-corrected chi connectivity index (χ3v) is 5.99. The Hall–Kier alpha value is -2.55. The quantitative estimate of drug-likeness (QED) is 0.328. The third kappa shape index (κ3) is 4.92. The number of H-pyrrole nitrogens is 2. The van der Waals surface area contributed by atoms with Gasteiger partial charge in [-0.1, -0.05) is 87.4 Å². The lowest BCUT2D eigenvalue weighted by molar-refractivity contribution is 0.562. The van der Waals surface area contributed by atoms with Gasteiger partial charge in [-0.15, -0.1) is 0 Å². The number of pyridine rings is 1. The Kier molecular flexibility index (Phi) is 6.60. The second-order valence-corrected chi connectivity index (χ2v) is 11.6. The monoisotopic (exact) mass is 431 g/mol. The van der Waals surface area contributed by atoms with Gasteiger partial charge < -0.3 is 9.97 Å². The predicted molar refractivity (Wildman–Crippen MR) is 140 cm³/mol. The smallest absolute Gasteiger partial charge is 0.137 e. The maximum absolute atomic E-state index is 4.75. The van der Waals surface area contributed by atoms with Crippen molar-refractivity contribution in [2.45, 2.75) is 91.9 Å². The van der Waals surface area contributed by atoms with Crippen LogP contribution in [0.15, 0.2) is 42.6 Å². The van der Waals surface area contributed by atoms with Crippen LogP contribution in [-0.4, -0.2) is 15.0 Å². The van der Waals surface area contributed by atoms with Gasteiger partial charge in [-0.05, 0) is 46.6 Å². The molecule has 4 aromatic rings. The van der Waals surface area contributed by atoms with Gasteiger partial charge in [-0.2, -0.15) is 0 Å². The van der Waals surface area contributed by atoms with E-state index in [4.69, 9.17) is 4.98 Å². The molecule has 0 unspecified atom stereocenters. The number of nitrogens with zero attached hydrogens (tertiary/aromatic N) is 1. The first-order valence-electron chi connectivity index (χ1n) is 11.9. The van der Waals surface area contributed by atoms with Crippen LogP contribution in [0, 0.1) is 0 Å². The number of hydrogen-bond acceptors (Lipinski definition) is 1.